The van der Waals surface area contributed by atoms with Crippen LogP contribution in [0.15, 0.2) is 64.7 Å². The molecule has 1 amide bonds. The number of amides is 1. The summed E-state index contributed by atoms with van der Waals surface area (Å²) in [5.74, 6) is 1.53. The van der Waals surface area contributed by atoms with Crippen molar-refractivity contribution in [3.05, 3.63) is 132 Å². The van der Waals surface area contributed by atoms with E-state index in [9.17, 15) is 14.4 Å². The molecule has 2 aliphatic rings. The zero-order valence-electron chi connectivity index (χ0n) is 40.7. The van der Waals surface area contributed by atoms with Crippen LogP contribution < -0.4 is 5.32 Å². The van der Waals surface area contributed by atoms with Crippen LogP contribution in [0.2, 0.25) is 0 Å². The van der Waals surface area contributed by atoms with Gasteiger partial charge in [0, 0.05) is 37.6 Å². The highest BCUT2D eigenvalue weighted by Crippen LogP contribution is 2.42. The molecule has 2 aliphatic heterocycles. The van der Waals surface area contributed by atoms with Gasteiger partial charge in [-0.25, -0.2) is 4.68 Å². The summed E-state index contributed by atoms with van der Waals surface area (Å²) < 4.78 is 17.1. The Hall–Kier alpha value is -6.99. The van der Waals surface area contributed by atoms with Crippen molar-refractivity contribution in [1.82, 2.24) is 49.8 Å². The Kier molecular flexibility index (Phi) is 12.2. The van der Waals surface area contributed by atoms with E-state index < -0.39 is 23.3 Å². The van der Waals surface area contributed by atoms with E-state index >= 15 is 0 Å². The van der Waals surface area contributed by atoms with Crippen molar-refractivity contribution >= 4 is 51.9 Å². The molecular formula is C50H54N12O5S2. The Morgan fingerprint density at radius 1 is 0.623 bits per heavy atom. The van der Waals surface area contributed by atoms with Gasteiger partial charge in [0.05, 0.1) is 42.7 Å². The number of hydrogen-bond donors (Lipinski definition) is 1. The number of esters is 2. The normalized spacial score (nSPS) is 15.5. The largest absolute Gasteiger partial charge is 0.460 e. The first-order chi connectivity index (χ1) is 32.6. The van der Waals surface area contributed by atoms with Gasteiger partial charge in [0.1, 0.15) is 50.6 Å². The van der Waals surface area contributed by atoms with E-state index in [0.29, 0.717) is 40.3 Å². The van der Waals surface area contributed by atoms with E-state index in [1.807, 2.05) is 101 Å². The van der Waals surface area contributed by atoms with Crippen molar-refractivity contribution in [1.29, 1.82) is 0 Å². The molecule has 9 rings (SSSR count). The lowest BCUT2D eigenvalue weighted by Crippen LogP contribution is -2.25. The molecule has 0 radical (unpaired) electrons. The van der Waals surface area contributed by atoms with E-state index in [-0.39, 0.29) is 37.2 Å². The Morgan fingerprint density at radius 2 is 1.07 bits per heavy atom. The summed E-state index contributed by atoms with van der Waals surface area (Å²) in [6, 6.07) is 13.9. The molecule has 0 aliphatic carbocycles. The third kappa shape index (κ3) is 9.32. The average Bonchev–Trinajstić information content (AvgIpc) is 4.08. The molecule has 356 valence electrons. The number of aromatic nitrogens is 9. The molecule has 17 nitrogen and oxygen atoms in total. The fraction of sp³-hybridized carbons (Fsp3) is 0.380. The van der Waals surface area contributed by atoms with Crippen LogP contribution in [0.3, 0.4) is 0 Å². The van der Waals surface area contributed by atoms with Crippen LogP contribution in [0.1, 0.15) is 149 Å². The number of fused-ring (bicyclic) bond motifs is 6. The highest BCUT2D eigenvalue weighted by atomic mass is 32.1. The van der Waals surface area contributed by atoms with Gasteiger partial charge in [-0.3, -0.25) is 33.5 Å². The van der Waals surface area contributed by atoms with Crippen LogP contribution in [-0.2, 0) is 25.6 Å². The Bertz CT molecular complexity index is 3230. The molecule has 1 N–H and O–H groups in total. The molecule has 5 aromatic heterocycles. The van der Waals surface area contributed by atoms with Gasteiger partial charge >= 0.3 is 11.9 Å². The number of nitrogens with one attached hydrogen (secondary N) is 1. The second kappa shape index (κ2) is 17.8. The first kappa shape index (κ1) is 47.1. The third-order valence-corrected chi connectivity index (χ3v) is 14.2. The average molecular weight is 967 g/mol. The molecule has 2 atom stereocenters. The van der Waals surface area contributed by atoms with Gasteiger partial charge < -0.3 is 14.8 Å². The molecule has 0 fully saturated rings. The van der Waals surface area contributed by atoms with Gasteiger partial charge in [-0.2, -0.15) is 0 Å². The highest BCUT2D eigenvalue weighted by Gasteiger charge is 2.35. The van der Waals surface area contributed by atoms with E-state index in [1.165, 1.54) is 0 Å². The van der Waals surface area contributed by atoms with Crippen molar-refractivity contribution in [3.8, 4) is 15.7 Å². The van der Waals surface area contributed by atoms with Crippen molar-refractivity contribution in [3.63, 3.8) is 0 Å². The predicted octanol–water partition coefficient (Wildman–Crippen LogP) is 8.58. The molecule has 7 heterocycles. The van der Waals surface area contributed by atoms with Crippen LogP contribution in [0, 0.1) is 41.5 Å². The number of hydrogen-bond acceptors (Lipinski definition) is 15. The lowest BCUT2D eigenvalue weighted by molar-refractivity contribution is -0.156. The summed E-state index contributed by atoms with van der Waals surface area (Å²) in [6.07, 6.45) is 1.77. The summed E-state index contributed by atoms with van der Waals surface area (Å²) in [5, 5.41) is 31.4. The number of thiophene rings is 2. The topological polar surface area (TPSA) is 199 Å². The Morgan fingerprint density at radius 3 is 1.52 bits per heavy atom. The van der Waals surface area contributed by atoms with Gasteiger partial charge in [0.2, 0.25) is 0 Å². The SMILES string of the molecule is Cc1sc2c(c1C)C(c1ccc(C(=O)NCc3cn(-c4ccc(C5=N[C@@H](CC(=O)OC(C)(C)C)c6nnc(C)n6-c6sc(C)c(C)c65)cc4)nn3)cc1)=N[C@@H](CC(=O)OC(C)(C)C)c1nnc(C)n1-2. The van der Waals surface area contributed by atoms with Crippen LogP contribution in [0.5, 0.6) is 0 Å². The number of nitrogens with zero attached hydrogens (tertiary/aromatic N) is 11. The molecule has 19 heteroatoms. The molecule has 0 unspecified atom stereocenters. The highest BCUT2D eigenvalue weighted by molar-refractivity contribution is 7.15. The van der Waals surface area contributed by atoms with Gasteiger partial charge in [-0.15, -0.1) is 48.2 Å². The predicted molar refractivity (Wildman–Crippen MR) is 264 cm³/mol. The minimum atomic E-state index is -0.659. The molecule has 7 aromatic rings. The minimum Gasteiger partial charge on any atom is -0.460 e. The van der Waals surface area contributed by atoms with E-state index in [4.69, 9.17) is 19.5 Å². The van der Waals surface area contributed by atoms with Crippen molar-refractivity contribution in [2.45, 2.75) is 126 Å². The summed E-state index contributed by atoms with van der Waals surface area (Å²) in [6.45, 7) is 23.3. The van der Waals surface area contributed by atoms with Crippen molar-refractivity contribution in [2.24, 2.45) is 9.98 Å². The lowest BCUT2D eigenvalue weighted by atomic mass is 9.98. The standard InChI is InChI=1S/C50H54N12O5S2/c1-25-27(3)68-47-40(25)42(52-36(21-38(63)66-49(7,8)9)44-57-54-29(5)61(44)47)31-13-15-33(16-14-31)46(65)51-23-34-24-60(59-56-34)35-19-17-32(18-20-35)43-41-26(2)28(4)69-48(41)62-30(6)55-58-45(62)37(53-43)22-39(64)67-50(10,11)12/h13-20,24,36-37H,21-23H2,1-12H3,(H,51,65)/t36-,37-/m0/s1. The van der Waals surface area contributed by atoms with E-state index in [2.05, 4.69) is 63.7 Å². The summed E-state index contributed by atoms with van der Waals surface area (Å²) in [4.78, 5) is 52.7. The summed E-state index contributed by atoms with van der Waals surface area (Å²) >= 11 is 3.28. The van der Waals surface area contributed by atoms with Gasteiger partial charge in [0.15, 0.2) is 11.6 Å². The first-order valence-electron chi connectivity index (χ1n) is 22.7. The van der Waals surface area contributed by atoms with Crippen LogP contribution >= 0.6 is 22.7 Å². The molecule has 69 heavy (non-hydrogen) atoms. The number of carbonyl (C=O) groups is 3. The second-order valence-electron chi connectivity index (χ2n) is 19.3. The number of carbonyl (C=O) groups excluding carboxylic acids is 3. The van der Waals surface area contributed by atoms with Crippen LogP contribution in [-0.4, -0.2) is 85.0 Å². The first-order valence-corrected chi connectivity index (χ1v) is 24.3. The van der Waals surface area contributed by atoms with Crippen molar-refractivity contribution in [2.75, 3.05) is 0 Å². The minimum absolute atomic E-state index is 0.00408. The third-order valence-electron chi connectivity index (χ3n) is 11.8. The fourth-order valence-electron chi connectivity index (χ4n) is 8.46. The van der Waals surface area contributed by atoms with Crippen molar-refractivity contribution < 1.29 is 23.9 Å². The number of rotatable bonds is 10. The van der Waals surface area contributed by atoms with E-state index in [0.717, 1.165) is 64.5 Å². The fourth-order valence-corrected chi connectivity index (χ4v) is 10.9. The van der Waals surface area contributed by atoms with E-state index in [1.54, 1.807) is 45.7 Å². The zero-order valence-corrected chi connectivity index (χ0v) is 42.4. The smallest absolute Gasteiger partial charge is 0.308 e. The maximum Gasteiger partial charge on any atom is 0.308 e. The monoisotopic (exact) mass is 966 g/mol. The Balaban J connectivity index is 0.923. The molecular weight excluding hydrogens is 913 g/mol. The van der Waals surface area contributed by atoms with Gasteiger partial charge in [-0.1, -0.05) is 29.5 Å². The van der Waals surface area contributed by atoms with Crippen LogP contribution in [0.25, 0.3) is 15.7 Å². The summed E-state index contributed by atoms with van der Waals surface area (Å²) in [7, 11) is 0. The zero-order chi connectivity index (χ0) is 49.3. The molecule has 2 aromatic carbocycles. The van der Waals surface area contributed by atoms with Crippen LogP contribution in [0.4, 0.5) is 0 Å². The number of aryl methyl sites for hydroxylation is 4. The molecule has 0 bridgehead atoms. The number of benzene rings is 2. The second-order valence-corrected chi connectivity index (χ2v) is 21.7. The molecule has 0 spiro atoms. The number of aliphatic imine (C=N–C) groups is 2. The van der Waals surface area contributed by atoms with Gasteiger partial charge in [0.25, 0.3) is 5.91 Å². The van der Waals surface area contributed by atoms with Gasteiger partial charge in [-0.05, 0) is 118 Å². The lowest BCUT2D eigenvalue weighted by Gasteiger charge is -2.21. The maximum absolute atomic E-state index is 13.6. The number of ether oxygens (including phenoxy) is 2. The Labute approximate surface area is 407 Å². The quantitative estimate of drug-likeness (QED) is 0.129. The summed E-state index contributed by atoms with van der Waals surface area (Å²) in [5.41, 5.74) is 7.65. The molecule has 0 saturated heterocycles. The maximum atomic E-state index is 13.6. The molecule has 0 saturated carbocycles.